The van der Waals surface area contributed by atoms with Crippen molar-refractivity contribution in [2.75, 3.05) is 0 Å². The van der Waals surface area contributed by atoms with Gasteiger partial charge in [0.05, 0.1) is 33.1 Å². The van der Waals surface area contributed by atoms with E-state index in [1.165, 1.54) is 43.4 Å². The zero-order valence-corrected chi connectivity index (χ0v) is 28.1. The van der Waals surface area contributed by atoms with E-state index in [9.17, 15) is 0 Å². The predicted octanol–water partition coefficient (Wildman–Crippen LogP) is 12.3. The van der Waals surface area contributed by atoms with Crippen molar-refractivity contribution < 1.29 is 0 Å². The van der Waals surface area contributed by atoms with Gasteiger partial charge in [-0.1, -0.05) is 127 Å². The van der Waals surface area contributed by atoms with Crippen molar-refractivity contribution >= 4 is 65.4 Å². The first-order valence-corrected chi connectivity index (χ1v) is 17.7. The second-order valence-electron chi connectivity index (χ2n) is 13.4. The second-order valence-corrected chi connectivity index (χ2v) is 13.4. The van der Waals surface area contributed by atoms with Crippen LogP contribution in [0.15, 0.2) is 182 Å². The Bertz CT molecular complexity index is 3170. The van der Waals surface area contributed by atoms with Crippen molar-refractivity contribution in [3.8, 4) is 33.9 Å². The SMILES string of the molecule is c1ccc(-c2cccc(-c3nc4ccccc4nc3-n3c4ccccc4c4cc5c6c7ccccc7ccc6n(-c6ccccc6)c5cc43)c2)cc1. The summed E-state index contributed by atoms with van der Waals surface area (Å²) in [5.74, 6) is 0.808. The van der Waals surface area contributed by atoms with Gasteiger partial charge in [-0.2, -0.15) is 0 Å². The molecule has 4 heteroatoms. The molecule has 0 fully saturated rings. The number of fused-ring (bicyclic) bond motifs is 9. The monoisotopic (exact) mass is 662 g/mol. The molecule has 8 aromatic carbocycles. The van der Waals surface area contributed by atoms with Crippen LogP contribution in [0.25, 0.3) is 99.3 Å². The summed E-state index contributed by atoms with van der Waals surface area (Å²) in [6.45, 7) is 0. The lowest BCUT2D eigenvalue weighted by molar-refractivity contribution is 1.08. The lowest BCUT2D eigenvalue weighted by Crippen LogP contribution is -2.04. The highest BCUT2D eigenvalue weighted by Crippen LogP contribution is 2.43. The van der Waals surface area contributed by atoms with Crippen molar-refractivity contribution in [3.63, 3.8) is 0 Å². The number of rotatable bonds is 4. The third kappa shape index (κ3) is 4.28. The van der Waals surface area contributed by atoms with Crippen LogP contribution in [0.2, 0.25) is 0 Å². The third-order valence-corrected chi connectivity index (χ3v) is 10.5. The molecule has 0 unspecified atom stereocenters. The molecule has 0 spiro atoms. The van der Waals surface area contributed by atoms with Crippen LogP contribution in [0.5, 0.6) is 0 Å². The molecule has 0 aliphatic heterocycles. The molecule has 11 rings (SSSR count). The van der Waals surface area contributed by atoms with Crippen LogP contribution in [0, 0.1) is 0 Å². The highest BCUT2D eigenvalue weighted by molar-refractivity contribution is 6.25. The second kappa shape index (κ2) is 11.2. The maximum absolute atomic E-state index is 5.43. The normalized spacial score (nSPS) is 11.8. The van der Waals surface area contributed by atoms with E-state index in [4.69, 9.17) is 9.97 Å². The Morgan fingerprint density at radius 1 is 0.346 bits per heavy atom. The summed E-state index contributed by atoms with van der Waals surface area (Å²) in [6.07, 6.45) is 0. The summed E-state index contributed by atoms with van der Waals surface area (Å²) < 4.78 is 4.74. The van der Waals surface area contributed by atoms with E-state index in [1.807, 2.05) is 12.1 Å². The van der Waals surface area contributed by atoms with Crippen molar-refractivity contribution in [2.45, 2.75) is 0 Å². The van der Waals surface area contributed by atoms with Crippen LogP contribution in [-0.2, 0) is 0 Å². The van der Waals surface area contributed by atoms with Gasteiger partial charge in [-0.3, -0.25) is 4.57 Å². The molecule has 0 saturated heterocycles. The van der Waals surface area contributed by atoms with E-state index in [0.717, 1.165) is 55.9 Å². The fourth-order valence-corrected chi connectivity index (χ4v) is 8.15. The van der Waals surface area contributed by atoms with Crippen molar-refractivity contribution in [3.05, 3.63) is 182 Å². The number of aromatic nitrogens is 4. The molecular weight excluding hydrogens is 633 g/mol. The molecule has 3 heterocycles. The molecule has 0 aliphatic rings. The Morgan fingerprint density at radius 2 is 1.00 bits per heavy atom. The molecule has 0 atom stereocenters. The molecule has 11 aromatic rings. The first kappa shape index (κ1) is 28.8. The number of para-hydroxylation sites is 4. The zero-order valence-electron chi connectivity index (χ0n) is 28.1. The minimum atomic E-state index is 0.808. The van der Waals surface area contributed by atoms with Crippen molar-refractivity contribution in [2.24, 2.45) is 0 Å². The van der Waals surface area contributed by atoms with E-state index < -0.39 is 0 Å². The summed E-state index contributed by atoms with van der Waals surface area (Å²) >= 11 is 0. The van der Waals surface area contributed by atoms with E-state index >= 15 is 0 Å². The van der Waals surface area contributed by atoms with Crippen LogP contribution in [0.3, 0.4) is 0 Å². The summed E-state index contributed by atoms with van der Waals surface area (Å²) in [6, 6.07) is 64.8. The van der Waals surface area contributed by atoms with Gasteiger partial charge in [-0.15, -0.1) is 0 Å². The number of hydrogen-bond acceptors (Lipinski definition) is 2. The fraction of sp³-hybridized carbons (Fsp3) is 0. The Hall–Kier alpha value is -7.04. The minimum Gasteiger partial charge on any atom is -0.309 e. The van der Waals surface area contributed by atoms with Crippen LogP contribution >= 0.6 is 0 Å². The first-order chi connectivity index (χ1) is 25.8. The Morgan fingerprint density at radius 3 is 1.85 bits per heavy atom. The lowest BCUT2D eigenvalue weighted by Gasteiger charge is -2.15. The molecule has 0 amide bonds. The molecule has 52 heavy (non-hydrogen) atoms. The molecule has 242 valence electrons. The van der Waals surface area contributed by atoms with E-state index in [0.29, 0.717) is 0 Å². The Kier molecular flexibility index (Phi) is 6.22. The summed E-state index contributed by atoms with van der Waals surface area (Å²) in [5.41, 5.74) is 11.5. The molecule has 0 N–H and O–H groups in total. The first-order valence-electron chi connectivity index (χ1n) is 17.7. The summed E-state index contributed by atoms with van der Waals surface area (Å²) in [7, 11) is 0. The lowest BCUT2D eigenvalue weighted by atomic mass is 10.0. The van der Waals surface area contributed by atoms with Crippen LogP contribution in [0.1, 0.15) is 0 Å². The molecule has 0 radical (unpaired) electrons. The molecule has 0 aliphatic carbocycles. The topological polar surface area (TPSA) is 35.6 Å². The number of hydrogen-bond donors (Lipinski definition) is 0. The standard InChI is InChI=1S/C48H30N4/c1-3-14-31(15-4-1)33-17-13-18-34(28-33)47-48(50-41-24-11-10-23-40(41)49-47)52-42-25-12-9-22-37(42)38-29-39-45(30-44(38)52)51(35-19-5-2-6-20-35)43-27-26-32-16-7-8-21-36(32)46(39)43/h1-30H. The average molecular weight is 663 g/mol. The quantitative estimate of drug-likeness (QED) is 0.188. The van der Waals surface area contributed by atoms with Gasteiger partial charge in [0.1, 0.15) is 5.69 Å². The van der Waals surface area contributed by atoms with Crippen molar-refractivity contribution in [1.29, 1.82) is 0 Å². The van der Waals surface area contributed by atoms with Crippen LogP contribution < -0.4 is 0 Å². The highest BCUT2D eigenvalue weighted by Gasteiger charge is 2.23. The van der Waals surface area contributed by atoms with Gasteiger partial charge in [0.2, 0.25) is 0 Å². The van der Waals surface area contributed by atoms with E-state index in [2.05, 4.69) is 179 Å². The number of nitrogens with zero attached hydrogens (tertiary/aromatic N) is 4. The molecule has 3 aromatic heterocycles. The number of benzene rings is 8. The van der Waals surface area contributed by atoms with Gasteiger partial charge in [0, 0.05) is 32.8 Å². The summed E-state index contributed by atoms with van der Waals surface area (Å²) in [5, 5.41) is 7.34. The third-order valence-electron chi connectivity index (χ3n) is 10.5. The van der Waals surface area contributed by atoms with E-state index in [1.54, 1.807) is 0 Å². The minimum absolute atomic E-state index is 0.808. The summed E-state index contributed by atoms with van der Waals surface area (Å²) in [4.78, 5) is 10.8. The van der Waals surface area contributed by atoms with Crippen molar-refractivity contribution in [1.82, 2.24) is 19.1 Å². The Balaban J connectivity index is 1.28. The van der Waals surface area contributed by atoms with Crippen LogP contribution in [-0.4, -0.2) is 19.1 Å². The average Bonchev–Trinajstić information content (AvgIpc) is 3.72. The predicted molar refractivity (Wildman–Crippen MR) is 217 cm³/mol. The molecule has 0 bridgehead atoms. The molecule has 0 saturated carbocycles. The fourth-order valence-electron chi connectivity index (χ4n) is 8.15. The zero-order chi connectivity index (χ0) is 34.2. The maximum Gasteiger partial charge on any atom is 0.165 e. The smallest absolute Gasteiger partial charge is 0.165 e. The van der Waals surface area contributed by atoms with E-state index in [-0.39, 0.29) is 0 Å². The van der Waals surface area contributed by atoms with Gasteiger partial charge in [-0.25, -0.2) is 9.97 Å². The highest BCUT2D eigenvalue weighted by atomic mass is 15.1. The largest absolute Gasteiger partial charge is 0.309 e. The molecule has 4 nitrogen and oxygen atoms in total. The Labute approximate surface area is 299 Å². The van der Waals surface area contributed by atoms with Gasteiger partial charge in [0.25, 0.3) is 0 Å². The van der Waals surface area contributed by atoms with Crippen LogP contribution in [0.4, 0.5) is 0 Å². The van der Waals surface area contributed by atoms with Gasteiger partial charge in [0.15, 0.2) is 5.82 Å². The van der Waals surface area contributed by atoms with Gasteiger partial charge in [-0.05, 0) is 76.5 Å². The van der Waals surface area contributed by atoms with Gasteiger partial charge >= 0.3 is 0 Å². The maximum atomic E-state index is 5.43. The van der Waals surface area contributed by atoms with Gasteiger partial charge < -0.3 is 4.57 Å². The molecular formula is C48H30N4.